The fourth-order valence-electron chi connectivity index (χ4n) is 3.55. The number of hydrogen-bond donors (Lipinski definition) is 0. The van der Waals surface area contributed by atoms with Crippen LogP contribution in [0.25, 0.3) is 22.3 Å². The lowest BCUT2D eigenvalue weighted by Crippen LogP contribution is -2.37. The molecule has 0 N–H and O–H groups in total. The van der Waals surface area contributed by atoms with Gasteiger partial charge >= 0.3 is 0 Å². The third-order valence-corrected chi connectivity index (χ3v) is 5.23. The zero-order valence-electron chi connectivity index (χ0n) is 19.2. The molecule has 0 aliphatic rings. The van der Waals surface area contributed by atoms with E-state index in [0.717, 1.165) is 28.1 Å². The van der Waals surface area contributed by atoms with Gasteiger partial charge in [-0.05, 0) is 36.6 Å². The molecule has 33 heavy (non-hydrogen) atoms. The number of nitrogens with zero attached hydrogens (tertiary/aromatic N) is 5. The van der Waals surface area contributed by atoms with Crippen molar-refractivity contribution in [3.8, 4) is 22.8 Å². The van der Waals surface area contributed by atoms with Crippen molar-refractivity contribution in [3.05, 3.63) is 55.0 Å². The Labute approximate surface area is 191 Å². The fraction of sp³-hybridized carbons (Fsp3) is 0.292. The highest BCUT2D eigenvalue weighted by atomic mass is 19.3. The van der Waals surface area contributed by atoms with E-state index in [9.17, 15) is 4.53 Å². The molecule has 0 spiro atoms. The first-order valence-corrected chi connectivity index (χ1v) is 10.4. The van der Waals surface area contributed by atoms with Crippen molar-refractivity contribution in [2.75, 3.05) is 25.7 Å². The van der Waals surface area contributed by atoms with Crippen molar-refractivity contribution in [2.45, 2.75) is 19.4 Å². The van der Waals surface area contributed by atoms with Gasteiger partial charge in [-0.2, -0.15) is 10.0 Å². The lowest BCUT2D eigenvalue weighted by atomic mass is 10.1. The largest absolute Gasteiger partial charge is 0.497 e. The lowest BCUT2D eigenvalue weighted by molar-refractivity contribution is -0.217. The van der Waals surface area contributed by atoms with Crippen molar-refractivity contribution in [1.82, 2.24) is 19.7 Å². The minimum absolute atomic E-state index is 0.223. The molecule has 0 amide bonds. The first-order chi connectivity index (χ1) is 15.8. The van der Waals surface area contributed by atoms with Gasteiger partial charge in [-0.15, -0.1) is 0 Å². The van der Waals surface area contributed by atoms with Gasteiger partial charge in [-0.1, -0.05) is 0 Å². The molecule has 9 heteroatoms. The van der Waals surface area contributed by atoms with Gasteiger partial charge in [-0.25, -0.2) is 4.98 Å². The molecule has 0 atom stereocenters. The topological polar surface area (TPSA) is 74.5 Å². The van der Waals surface area contributed by atoms with E-state index in [4.69, 9.17) is 14.5 Å². The van der Waals surface area contributed by atoms with Gasteiger partial charge in [0.1, 0.15) is 17.1 Å². The van der Waals surface area contributed by atoms with Gasteiger partial charge in [0.15, 0.2) is 0 Å². The van der Waals surface area contributed by atoms with E-state index in [0.29, 0.717) is 17.0 Å². The standard InChI is InChI=1S/C24H26FN5O3/c1-24(2,33-25)15-30(18-8-19(31-4)11-20(9-18)32-5)17-6-7-21-22(10-17)28-23(13-26-21)16-12-27-29(3)14-16/h6-14H,15H2,1-5H3. The van der Waals surface area contributed by atoms with Gasteiger partial charge in [-0.3, -0.25) is 9.67 Å². The number of methoxy groups -OCH3 is 2. The summed E-state index contributed by atoms with van der Waals surface area (Å²) in [6.07, 6.45) is 5.36. The Kier molecular flexibility index (Phi) is 6.15. The number of fused-ring (bicyclic) bond motifs is 1. The minimum atomic E-state index is -1.07. The minimum Gasteiger partial charge on any atom is -0.497 e. The summed E-state index contributed by atoms with van der Waals surface area (Å²) < 4.78 is 25.9. The molecule has 0 aliphatic heterocycles. The maximum Gasteiger partial charge on any atom is 0.124 e. The average Bonchev–Trinajstić information content (AvgIpc) is 3.27. The summed E-state index contributed by atoms with van der Waals surface area (Å²) in [5.74, 6) is 1.24. The second-order valence-corrected chi connectivity index (χ2v) is 8.32. The van der Waals surface area contributed by atoms with Crippen LogP contribution in [0.2, 0.25) is 0 Å². The van der Waals surface area contributed by atoms with Crippen LogP contribution in [0.3, 0.4) is 0 Å². The number of aryl methyl sites for hydroxylation is 1. The molecule has 0 saturated heterocycles. The van der Waals surface area contributed by atoms with Crippen LogP contribution >= 0.6 is 0 Å². The second kappa shape index (κ2) is 9.03. The maximum atomic E-state index is 13.3. The van der Waals surface area contributed by atoms with E-state index in [1.807, 2.05) is 48.5 Å². The maximum absolute atomic E-state index is 13.3. The third-order valence-electron chi connectivity index (χ3n) is 5.23. The molecule has 8 nitrogen and oxygen atoms in total. The predicted molar refractivity (Wildman–Crippen MR) is 125 cm³/mol. The number of benzene rings is 2. The monoisotopic (exact) mass is 451 g/mol. The quantitative estimate of drug-likeness (QED) is 0.378. The summed E-state index contributed by atoms with van der Waals surface area (Å²) in [5.41, 5.74) is 3.51. The Bertz CT molecular complexity index is 1250. The summed E-state index contributed by atoms with van der Waals surface area (Å²) in [6.45, 7) is 3.58. The fourth-order valence-corrected chi connectivity index (χ4v) is 3.55. The number of hydrogen-bond acceptors (Lipinski definition) is 7. The summed E-state index contributed by atoms with van der Waals surface area (Å²) >= 11 is 0. The molecule has 0 unspecified atom stereocenters. The van der Waals surface area contributed by atoms with Gasteiger partial charge in [0.05, 0.1) is 49.9 Å². The van der Waals surface area contributed by atoms with E-state index in [2.05, 4.69) is 15.0 Å². The third kappa shape index (κ3) is 4.88. The average molecular weight is 452 g/mol. The molecule has 172 valence electrons. The number of ether oxygens (including phenoxy) is 2. The Hall–Kier alpha value is -3.72. The number of aromatic nitrogens is 4. The summed E-state index contributed by atoms with van der Waals surface area (Å²) in [5, 5.41) is 4.21. The lowest BCUT2D eigenvalue weighted by Gasteiger charge is -2.32. The Balaban J connectivity index is 1.83. The highest BCUT2D eigenvalue weighted by Gasteiger charge is 2.26. The molecule has 0 radical (unpaired) electrons. The van der Waals surface area contributed by atoms with Crippen molar-refractivity contribution >= 4 is 22.4 Å². The van der Waals surface area contributed by atoms with Crippen molar-refractivity contribution in [3.63, 3.8) is 0 Å². The van der Waals surface area contributed by atoms with Crippen LogP contribution < -0.4 is 14.4 Å². The van der Waals surface area contributed by atoms with E-state index in [1.54, 1.807) is 51.2 Å². The van der Waals surface area contributed by atoms with Crippen molar-refractivity contribution in [2.24, 2.45) is 7.05 Å². The van der Waals surface area contributed by atoms with Crippen LogP contribution in [0.1, 0.15) is 13.8 Å². The Morgan fingerprint density at radius 1 is 0.970 bits per heavy atom. The molecular formula is C24H26FN5O3. The predicted octanol–water partition coefficient (Wildman–Crippen LogP) is 4.87. The zero-order valence-corrected chi connectivity index (χ0v) is 19.2. The molecule has 0 fully saturated rings. The molecule has 2 aromatic carbocycles. The summed E-state index contributed by atoms with van der Waals surface area (Å²) in [7, 11) is 5.03. The zero-order chi connectivity index (χ0) is 23.6. The number of halogens is 1. The molecule has 0 aliphatic carbocycles. The van der Waals surface area contributed by atoms with E-state index in [1.165, 1.54) is 0 Å². The normalized spacial score (nSPS) is 11.6. The van der Waals surface area contributed by atoms with Crippen LogP contribution in [0, 0.1) is 0 Å². The Morgan fingerprint density at radius 2 is 1.70 bits per heavy atom. The molecule has 0 bridgehead atoms. The summed E-state index contributed by atoms with van der Waals surface area (Å²) in [4.78, 5) is 15.5. The first-order valence-electron chi connectivity index (χ1n) is 10.4. The number of anilines is 2. The molecule has 0 saturated carbocycles. The Morgan fingerprint density at radius 3 is 2.30 bits per heavy atom. The van der Waals surface area contributed by atoms with Crippen LogP contribution in [0.15, 0.2) is 55.0 Å². The van der Waals surface area contributed by atoms with Gasteiger partial charge < -0.3 is 14.4 Å². The molecular weight excluding hydrogens is 425 g/mol. The first kappa shape index (κ1) is 22.5. The number of rotatable bonds is 8. The molecule has 2 aromatic heterocycles. The second-order valence-electron chi connectivity index (χ2n) is 8.32. The van der Waals surface area contributed by atoms with Crippen LogP contribution in [-0.4, -0.2) is 46.1 Å². The highest BCUT2D eigenvalue weighted by molar-refractivity contribution is 5.82. The van der Waals surface area contributed by atoms with Crippen LogP contribution in [0.4, 0.5) is 15.9 Å². The van der Waals surface area contributed by atoms with Gasteiger partial charge in [0.25, 0.3) is 0 Å². The van der Waals surface area contributed by atoms with Crippen LogP contribution in [0.5, 0.6) is 11.5 Å². The SMILES string of the molecule is COc1cc(OC)cc(N(CC(C)(C)OF)c2ccc3ncc(-c4cnn(C)c4)nc3c2)c1. The summed E-state index contributed by atoms with van der Waals surface area (Å²) in [6, 6.07) is 11.2. The van der Waals surface area contributed by atoms with Gasteiger partial charge in [0.2, 0.25) is 0 Å². The highest BCUT2D eigenvalue weighted by Crippen LogP contribution is 2.35. The van der Waals surface area contributed by atoms with Gasteiger partial charge in [0, 0.05) is 48.4 Å². The molecule has 4 rings (SSSR count). The smallest absolute Gasteiger partial charge is 0.124 e. The van der Waals surface area contributed by atoms with Crippen LogP contribution in [-0.2, 0) is 12.0 Å². The molecule has 4 aromatic rings. The van der Waals surface area contributed by atoms with E-state index < -0.39 is 5.60 Å². The van der Waals surface area contributed by atoms with E-state index >= 15 is 0 Å². The molecule has 2 heterocycles. The van der Waals surface area contributed by atoms with Crippen molar-refractivity contribution < 1.29 is 18.9 Å². The van der Waals surface area contributed by atoms with E-state index in [-0.39, 0.29) is 6.54 Å². The van der Waals surface area contributed by atoms with Crippen molar-refractivity contribution in [1.29, 1.82) is 0 Å².